The number of ketones is 1. The summed E-state index contributed by atoms with van der Waals surface area (Å²) < 4.78 is 5.92. The third kappa shape index (κ3) is 2.60. The Balaban J connectivity index is 2.09. The first kappa shape index (κ1) is 15.6. The average molecular weight is 312 g/mol. The van der Waals surface area contributed by atoms with Gasteiger partial charge < -0.3 is 14.7 Å². The Morgan fingerprint density at radius 1 is 1.39 bits per heavy atom. The standard InChI is InChI=1S/C18H20N2O3/c1-18(2)17(22)16(20(3)12-5-6-13(21)9-12)14-8-11(10-19)4-7-15(14)23-18/h4,7-9,16-17,22H,5-6H2,1-3H3/t16-,17+/m0/s1. The molecule has 0 spiro atoms. The number of aliphatic hydroxyl groups excluding tert-OH is 1. The summed E-state index contributed by atoms with van der Waals surface area (Å²) in [5.74, 6) is 0.778. The van der Waals surface area contributed by atoms with Gasteiger partial charge in [-0.15, -0.1) is 0 Å². The third-order valence-corrected chi connectivity index (χ3v) is 4.67. The Morgan fingerprint density at radius 3 is 2.74 bits per heavy atom. The summed E-state index contributed by atoms with van der Waals surface area (Å²) in [5.41, 5.74) is 1.45. The molecule has 120 valence electrons. The van der Waals surface area contributed by atoms with Crippen LogP contribution in [0, 0.1) is 11.3 Å². The molecule has 0 bridgehead atoms. The molecule has 0 radical (unpaired) electrons. The quantitative estimate of drug-likeness (QED) is 0.907. The van der Waals surface area contributed by atoms with Crippen molar-refractivity contribution in [2.24, 2.45) is 0 Å². The van der Waals surface area contributed by atoms with E-state index < -0.39 is 11.7 Å². The van der Waals surface area contributed by atoms with Crippen LogP contribution >= 0.6 is 0 Å². The lowest BCUT2D eigenvalue weighted by atomic mass is 9.85. The van der Waals surface area contributed by atoms with Crippen LogP contribution in [0.15, 0.2) is 30.0 Å². The summed E-state index contributed by atoms with van der Waals surface area (Å²) in [7, 11) is 1.88. The van der Waals surface area contributed by atoms with Gasteiger partial charge in [0.15, 0.2) is 5.78 Å². The molecule has 1 heterocycles. The molecular formula is C18H20N2O3. The van der Waals surface area contributed by atoms with Crippen LogP contribution in [0.4, 0.5) is 0 Å². The summed E-state index contributed by atoms with van der Waals surface area (Å²) in [4.78, 5) is 13.5. The number of likely N-dealkylation sites (N-methyl/N-ethyl adjacent to an activating group) is 1. The zero-order valence-corrected chi connectivity index (χ0v) is 13.5. The topological polar surface area (TPSA) is 73.6 Å². The van der Waals surface area contributed by atoms with E-state index in [0.717, 1.165) is 11.3 Å². The Kier molecular flexibility index (Phi) is 3.65. The molecule has 0 unspecified atom stereocenters. The molecule has 23 heavy (non-hydrogen) atoms. The summed E-state index contributed by atoms with van der Waals surface area (Å²) in [5, 5.41) is 20.0. The van der Waals surface area contributed by atoms with Gasteiger partial charge >= 0.3 is 0 Å². The molecule has 0 fully saturated rings. The van der Waals surface area contributed by atoms with Crippen LogP contribution in [-0.2, 0) is 4.79 Å². The van der Waals surface area contributed by atoms with Crippen molar-refractivity contribution in [2.45, 2.75) is 44.4 Å². The SMILES string of the molecule is CN(C1=CC(=O)CC1)[C@H]1c2cc(C#N)ccc2OC(C)(C)[C@@H]1O. The minimum atomic E-state index is -0.787. The van der Waals surface area contributed by atoms with Crippen LogP contribution in [0.1, 0.15) is 43.9 Å². The van der Waals surface area contributed by atoms with E-state index in [0.29, 0.717) is 24.2 Å². The maximum atomic E-state index is 11.6. The van der Waals surface area contributed by atoms with Crippen molar-refractivity contribution in [2.75, 3.05) is 7.05 Å². The molecule has 2 atom stereocenters. The van der Waals surface area contributed by atoms with Crippen LogP contribution in [0.3, 0.4) is 0 Å². The van der Waals surface area contributed by atoms with E-state index in [4.69, 9.17) is 10.00 Å². The van der Waals surface area contributed by atoms with Gasteiger partial charge in [0.1, 0.15) is 17.5 Å². The molecule has 0 aromatic heterocycles. The third-order valence-electron chi connectivity index (χ3n) is 4.67. The second-order valence-corrected chi connectivity index (χ2v) is 6.67. The molecule has 1 N–H and O–H groups in total. The van der Waals surface area contributed by atoms with Crippen molar-refractivity contribution in [1.29, 1.82) is 5.26 Å². The van der Waals surface area contributed by atoms with Crippen molar-refractivity contribution < 1.29 is 14.6 Å². The van der Waals surface area contributed by atoms with Gasteiger partial charge in [-0.3, -0.25) is 4.79 Å². The molecule has 1 aromatic rings. The fraction of sp³-hybridized carbons (Fsp3) is 0.444. The first-order valence-electron chi connectivity index (χ1n) is 7.71. The lowest BCUT2D eigenvalue weighted by molar-refractivity contribution is -0.114. The van der Waals surface area contributed by atoms with Gasteiger partial charge in [-0.1, -0.05) is 0 Å². The number of benzene rings is 1. The first-order valence-corrected chi connectivity index (χ1v) is 7.71. The van der Waals surface area contributed by atoms with Gasteiger partial charge in [-0.2, -0.15) is 5.26 Å². The highest BCUT2D eigenvalue weighted by Crippen LogP contribution is 2.44. The number of carbonyl (C=O) groups is 1. The van der Waals surface area contributed by atoms with E-state index in [-0.39, 0.29) is 11.8 Å². The van der Waals surface area contributed by atoms with E-state index in [1.165, 1.54) is 0 Å². The van der Waals surface area contributed by atoms with Crippen molar-refractivity contribution in [3.63, 3.8) is 0 Å². The van der Waals surface area contributed by atoms with Gasteiger partial charge in [-0.25, -0.2) is 0 Å². The molecule has 5 nitrogen and oxygen atoms in total. The number of nitriles is 1. The number of carbonyl (C=O) groups excluding carboxylic acids is 1. The highest BCUT2D eigenvalue weighted by molar-refractivity contribution is 5.92. The highest BCUT2D eigenvalue weighted by Gasteiger charge is 2.45. The van der Waals surface area contributed by atoms with Gasteiger partial charge in [0, 0.05) is 30.8 Å². The van der Waals surface area contributed by atoms with Gasteiger partial charge in [0.05, 0.1) is 17.7 Å². The fourth-order valence-corrected chi connectivity index (χ4v) is 3.29. The van der Waals surface area contributed by atoms with Crippen molar-refractivity contribution in [1.82, 2.24) is 4.90 Å². The van der Waals surface area contributed by atoms with E-state index in [1.807, 2.05) is 25.8 Å². The van der Waals surface area contributed by atoms with E-state index >= 15 is 0 Å². The molecule has 3 rings (SSSR count). The monoisotopic (exact) mass is 312 g/mol. The Hall–Kier alpha value is -2.32. The van der Waals surface area contributed by atoms with Crippen LogP contribution < -0.4 is 4.74 Å². The largest absolute Gasteiger partial charge is 0.485 e. The highest BCUT2D eigenvalue weighted by atomic mass is 16.5. The number of hydrogen-bond donors (Lipinski definition) is 1. The average Bonchev–Trinajstić information content (AvgIpc) is 2.94. The predicted octanol–water partition coefficient (Wildman–Crippen LogP) is 2.31. The molecule has 0 saturated carbocycles. The molecule has 1 aliphatic heterocycles. The number of rotatable bonds is 2. The van der Waals surface area contributed by atoms with E-state index in [9.17, 15) is 9.90 Å². The number of ether oxygens (including phenoxy) is 1. The first-order chi connectivity index (χ1) is 10.8. The maximum absolute atomic E-state index is 11.6. The Labute approximate surface area is 135 Å². The lowest BCUT2D eigenvalue weighted by Crippen LogP contribution is -2.52. The van der Waals surface area contributed by atoms with Crippen LogP contribution in [-0.4, -0.2) is 34.5 Å². The van der Waals surface area contributed by atoms with E-state index in [1.54, 1.807) is 24.3 Å². The van der Waals surface area contributed by atoms with Crippen molar-refractivity contribution in [3.8, 4) is 11.8 Å². The number of nitrogens with zero attached hydrogens (tertiary/aromatic N) is 2. The summed E-state index contributed by atoms with van der Waals surface area (Å²) in [6, 6.07) is 7.00. The van der Waals surface area contributed by atoms with Gasteiger partial charge in [-0.05, 0) is 38.5 Å². The van der Waals surface area contributed by atoms with Gasteiger partial charge in [0.2, 0.25) is 0 Å². The zero-order chi connectivity index (χ0) is 16.8. The molecular weight excluding hydrogens is 292 g/mol. The summed E-state index contributed by atoms with van der Waals surface area (Å²) in [6.07, 6.45) is 2.04. The second-order valence-electron chi connectivity index (χ2n) is 6.67. The number of fused-ring (bicyclic) bond motifs is 1. The fourth-order valence-electron chi connectivity index (χ4n) is 3.29. The molecule has 2 aliphatic rings. The number of allylic oxidation sites excluding steroid dienone is 2. The van der Waals surface area contributed by atoms with E-state index in [2.05, 4.69) is 6.07 Å². The van der Waals surface area contributed by atoms with Crippen LogP contribution in [0.2, 0.25) is 0 Å². The lowest BCUT2D eigenvalue weighted by Gasteiger charge is -2.46. The minimum Gasteiger partial charge on any atom is -0.485 e. The van der Waals surface area contributed by atoms with Crippen molar-refractivity contribution >= 4 is 5.78 Å². The Morgan fingerprint density at radius 2 is 2.13 bits per heavy atom. The second kappa shape index (κ2) is 5.39. The molecule has 1 aromatic carbocycles. The van der Waals surface area contributed by atoms with Crippen molar-refractivity contribution in [3.05, 3.63) is 41.1 Å². The smallest absolute Gasteiger partial charge is 0.157 e. The van der Waals surface area contributed by atoms with Crippen LogP contribution in [0.5, 0.6) is 5.75 Å². The number of aliphatic hydroxyl groups is 1. The maximum Gasteiger partial charge on any atom is 0.157 e. The minimum absolute atomic E-state index is 0.110. The summed E-state index contributed by atoms with van der Waals surface area (Å²) >= 11 is 0. The molecule has 0 amide bonds. The summed E-state index contributed by atoms with van der Waals surface area (Å²) in [6.45, 7) is 3.68. The number of hydrogen-bond acceptors (Lipinski definition) is 5. The predicted molar refractivity (Wildman–Crippen MR) is 84.7 cm³/mol. The van der Waals surface area contributed by atoms with Gasteiger partial charge in [0.25, 0.3) is 0 Å². The molecule has 0 saturated heterocycles. The van der Waals surface area contributed by atoms with Crippen LogP contribution in [0.25, 0.3) is 0 Å². The molecule has 5 heteroatoms. The zero-order valence-electron chi connectivity index (χ0n) is 13.5. The Bertz CT molecular complexity index is 730. The molecule has 1 aliphatic carbocycles. The normalized spacial score (nSPS) is 25.2.